The largest absolute Gasteiger partial charge is 0.497 e. The van der Waals surface area contributed by atoms with Gasteiger partial charge in [-0.15, -0.1) is 11.3 Å². The Balaban J connectivity index is 1.30. The van der Waals surface area contributed by atoms with Crippen molar-refractivity contribution in [1.29, 1.82) is 0 Å². The molecule has 3 N–H and O–H groups in total. The first-order valence-corrected chi connectivity index (χ1v) is 12.0. The summed E-state index contributed by atoms with van der Waals surface area (Å²) in [5, 5.41) is 4.31. The second-order valence-corrected chi connectivity index (χ2v) is 10.8. The standard InChI is InChI=1S/C25H27N3O2S/c1-30-18-4-2-3-17(10-18)20-6-5-19-21(26)22(31-24(19)27-20)23(29)28-25-11-14-7-15(12-25)9-16(8-14)13-25/h2-6,10,14-16H,7-9,11-13,26H2,1H3,(H,28,29). The zero-order valence-corrected chi connectivity index (χ0v) is 18.5. The molecule has 0 saturated heterocycles. The van der Waals surface area contributed by atoms with Crippen LogP contribution in [-0.2, 0) is 0 Å². The molecule has 7 rings (SSSR count). The molecule has 0 atom stereocenters. The number of thiophene rings is 1. The lowest BCUT2D eigenvalue weighted by Crippen LogP contribution is -2.59. The minimum absolute atomic E-state index is 0.0202. The van der Waals surface area contributed by atoms with Crippen molar-refractivity contribution in [3.63, 3.8) is 0 Å². The van der Waals surface area contributed by atoms with Crippen molar-refractivity contribution in [3.8, 4) is 17.0 Å². The number of hydrogen-bond acceptors (Lipinski definition) is 5. The molecule has 4 bridgehead atoms. The van der Waals surface area contributed by atoms with Crippen LogP contribution in [0.5, 0.6) is 5.75 Å². The molecular formula is C25H27N3O2S. The minimum atomic E-state index is -0.0228. The van der Waals surface area contributed by atoms with Gasteiger partial charge in [-0.25, -0.2) is 4.98 Å². The average molecular weight is 434 g/mol. The Morgan fingerprint density at radius 2 is 1.84 bits per heavy atom. The molecule has 2 aromatic heterocycles. The number of carbonyl (C=O) groups excluding carboxylic acids is 1. The Kier molecular flexibility index (Phi) is 4.29. The van der Waals surface area contributed by atoms with Gasteiger partial charge in [0.15, 0.2) is 0 Å². The molecule has 3 aromatic rings. The quantitative estimate of drug-likeness (QED) is 0.589. The molecule has 4 aliphatic rings. The number of carbonyl (C=O) groups is 1. The van der Waals surface area contributed by atoms with E-state index in [9.17, 15) is 4.79 Å². The first-order valence-electron chi connectivity index (χ1n) is 11.2. The van der Waals surface area contributed by atoms with E-state index in [-0.39, 0.29) is 11.4 Å². The molecule has 0 radical (unpaired) electrons. The third kappa shape index (κ3) is 3.19. The minimum Gasteiger partial charge on any atom is -0.497 e. The van der Waals surface area contributed by atoms with Crippen molar-refractivity contribution < 1.29 is 9.53 Å². The number of nitrogens with one attached hydrogen (secondary N) is 1. The van der Waals surface area contributed by atoms with Gasteiger partial charge < -0.3 is 15.8 Å². The van der Waals surface area contributed by atoms with E-state index in [1.54, 1.807) is 7.11 Å². The predicted molar refractivity (Wildman–Crippen MR) is 124 cm³/mol. The van der Waals surface area contributed by atoms with Crippen LogP contribution in [0.25, 0.3) is 21.5 Å². The number of ether oxygens (including phenoxy) is 1. The van der Waals surface area contributed by atoms with Crippen molar-refractivity contribution in [1.82, 2.24) is 10.3 Å². The van der Waals surface area contributed by atoms with E-state index in [4.69, 9.17) is 15.5 Å². The van der Waals surface area contributed by atoms with E-state index in [2.05, 4.69) is 5.32 Å². The SMILES string of the molecule is COc1cccc(-c2ccc3c(N)c(C(=O)NC45CC6CC(CC(C6)C4)C5)sc3n2)c1. The van der Waals surface area contributed by atoms with Gasteiger partial charge in [0.1, 0.15) is 15.5 Å². The molecule has 0 spiro atoms. The molecule has 0 unspecified atom stereocenters. The van der Waals surface area contributed by atoms with Crippen molar-refractivity contribution in [2.75, 3.05) is 12.8 Å². The Bertz CT molecular complexity index is 1150. The van der Waals surface area contributed by atoms with E-state index in [0.29, 0.717) is 10.6 Å². The third-order valence-corrected chi connectivity index (χ3v) is 8.70. The second-order valence-electron chi connectivity index (χ2n) is 9.78. The molecule has 160 valence electrons. The Morgan fingerprint density at radius 3 is 2.52 bits per heavy atom. The molecule has 4 fully saturated rings. The lowest BCUT2D eigenvalue weighted by molar-refractivity contribution is -0.0166. The fraction of sp³-hybridized carbons (Fsp3) is 0.440. The number of nitrogens with zero attached hydrogens (tertiary/aromatic N) is 1. The molecule has 2 heterocycles. The van der Waals surface area contributed by atoms with E-state index in [0.717, 1.165) is 64.2 Å². The molecule has 1 aromatic carbocycles. The number of benzene rings is 1. The molecule has 0 aliphatic heterocycles. The van der Waals surface area contributed by atoms with Crippen LogP contribution in [0.1, 0.15) is 48.2 Å². The van der Waals surface area contributed by atoms with E-state index >= 15 is 0 Å². The highest BCUT2D eigenvalue weighted by Gasteiger charge is 2.51. The number of pyridine rings is 1. The van der Waals surface area contributed by atoms with Crippen molar-refractivity contribution in [2.45, 2.75) is 44.1 Å². The van der Waals surface area contributed by atoms with Gasteiger partial charge in [0.2, 0.25) is 0 Å². The van der Waals surface area contributed by atoms with Gasteiger partial charge in [-0.1, -0.05) is 12.1 Å². The lowest BCUT2D eigenvalue weighted by Gasteiger charge is -2.56. The Labute approximate surface area is 186 Å². The van der Waals surface area contributed by atoms with Crippen LogP contribution in [0, 0.1) is 17.8 Å². The molecule has 31 heavy (non-hydrogen) atoms. The Morgan fingerprint density at radius 1 is 1.13 bits per heavy atom. The zero-order chi connectivity index (χ0) is 21.2. The average Bonchev–Trinajstić information content (AvgIpc) is 3.08. The fourth-order valence-corrected chi connectivity index (χ4v) is 7.66. The highest BCUT2D eigenvalue weighted by molar-refractivity contribution is 7.21. The van der Waals surface area contributed by atoms with Gasteiger partial charge in [-0.05, 0) is 80.5 Å². The van der Waals surface area contributed by atoms with Gasteiger partial charge >= 0.3 is 0 Å². The molecule has 6 heteroatoms. The summed E-state index contributed by atoms with van der Waals surface area (Å²) < 4.78 is 5.34. The van der Waals surface area contributed by atoms with Crippen LogP contribution in [0.3, 0.4) is 0 Å². The van der Waals surface area contributed by atoms with Crippen LogP contribution < -0.4 is 15.8 Å². The van der Waals surface area contributed by atoms with Crippen LogP contribution in [0.4, 0.5) is 5.69 Å². The van der Waals surface area contributed by atoms with Gasteiger partial charge in [-0.2, -0.15) is 0 Å². The van der Waals surface area contributed by atoms with Crippen molar-refractivity contribution >= 4 is 33.1 Å². The van der Waals surface area contributed by atoms with Crippen LogP contribution in [0.15, 0.2) is 36.4 Å². The van der Waals surface area contributed by atoms with Crippen LogP contribution in [-0.4, -0.2) is 23.5 Å². The van der Waals surface area contributed by atoms with E-state index < -0.39 is 0 Å². The van der Waals surface area contributed by atoms with Crippen LogP contribution in [0.2, 0.25) is 0 Å². The summed E-state index contributed by atoms with van der Waals surface area (Å²) in [6, 6.07) is 11.8. The van der Waals surface area contributed by atoms with E-state index in [1.807, 2.05) is 36.4 Å². The molecule has 4 saturated carbocycles. The molecular weight excluding hydrogens is 406 g/mol. The summed E-state index contributed by atoms with van der Waals surface area (Å²) >= 11 is 1.40. The summed E-state index contributed by atoms with van der Waals surface area (Å²) in [5.41, 5.74) is 8.79. The predicted octanol–water partition coefficient (Wildman–Crippen LogP) is 5.25. The number of nitrogens with two attached hydrogens (primary N) is 1. The maximum atomic E-state index is 13.3. The number of methoxy groups -OCH3 is 1. The number of amides is 1. The monoisotopic (exact) mass is 433 g/mol. The van der Waals surface area contributed by atoms with Gasteiger partial charge in [0.25, 0.3) is 5.91 Å². The normalized spacial score (nSPS) is 28.7. The highest BCUT2D eigenvalue weighted by atomic mass is 32.1. The molecule has 1 amide bonds. The summed E-state index contributed by atoms with van der Waals surface area (Å²) in [7, 11) is 1.66. The summed E-state index contributed by atoms with van der Waals surface area (Å²) in [6.45, 7) is 0. The first kappa shape index (κ1) is 19.1. The summed E-state index contributed by atoms with van der Waals surface area (Å²) in [5.74, 6) is 3.14. The summed E-state index contributed by atoms with van der Waals surface area (Å²) in [6.07, 6.45) is 7.47. The fourth-order valence-electron chi connectivity index (χ4n) is 6.67. The topological polar surface area (TPSA) is 77.2 Å². The van der Waals surface area contributed by atoms with Gasteiger partial charge in [-0.3, -0.25) is 4.79 Å². The Hall–Kier alpha value is -2.60. The zero-order valence-electron chi connectivity index (χ0n) is 17.7. The number of aromatic nitrogens is 1. The lowest BCUT2D eigenvalue weighted by atomic mass is 9.53. The number of nitrogen functional groups attached to an aromatic ring is 1. The second kappa shape index (κ2) is 6.95. The maximum Gasteiger partial charge on any atom is 0.264 e. The highest BCUT2D eigenvalue weighted by Crippen LogP contribution is 2.55. The van der Waals surface area contributed by atoms with E-state index in [1.165, 1.54) is 30.6 Å². The third-order valence-electron chi connectivity index (χ3n) is 7.58. The number of hydrogen-bond donors (Lipinski definition) is 2. The first-order chi connectivity index (χ1) is 15.0. The van der Waals surface area contributed by atoms with Gasteiger partial charge in [0.05, 0.1) is 18.5 Å². The van der Waals surface area contributed by atoms with Gasteiger partial charge in [0, 0.05) is 16.5 Å². The van der Waals surface area contributed by atoms with Crippen LogP contribution >= 0.6 is 11.3 Å². The molecule has 5 nitrogen and oxygen atoms in total. The molecule has 4 aliphatic carbocycles. The number of fused-ring (bicyclic) bond motifs is 1. The maximum absolute atomic E-state index is 13.3. The smallest absolute Gasteiger partial charge is 0.264 e. The number of rotatable bonds is 4. The van der Waals surface area contributed by atoms with Crippen molar-refractivity contribution in [3.05, 3.63) is 41.3 Å². The van der Waals surface area contributed by atoms with Crippen molar-refractivity contribution in [2.24, 2.45) is 17.8 Å². The summed E-state index contributed by atoms with van der Waals surface area (Å²) in [4.78, 5) is 19.5. The number of anilines is 1.